The first-order valence-corrected chi connectivity index (χ1v) is 17.4. The summed E-state index contributed by atoms with van der Waals surface area (Å²) in [4.78, 5) is 115. The summed E-state index contributed by atoms with van der Waals surface area (Å²) in [5.41, 5.74) is 13.2. The maximum Gasteiger partial charge on any atom is 0.245 e. The third kappa shape index (κ3) is 15.1. The Labute approximate surface area is 318 Å². The van der Waals surface area contributed by atoms with E-state index in [9.17, 15) is 58.5 Å². The number of aliphatic hydroxyl groups excluding tert-OH is 3. The molecule has 7 atom stereocenters. The molecule has 308 valence electrons. The van der Waals surface area contributed by atoms with Gasteiger partial charge in [0.25, 0.3) is 0 Å². The van der Waals surface area contributed by atoms with Gasteiger partial charge in [-0.25, -0.2) is 5.43 Å². The highest BCUT2D eigenvalue weighted by Gasteiger charge is 2.36. The number of hydrazine groups is 1. The lowest BCUT2D eigenvalue weighted by atomic mass is 9.99. The van der Waals surface area contributed by atoms with E-state index in [1.54, 1.807) is 30.3 Å². The highest BCUT2D eigenvalue weighted by atomic mass is 16.3. The molecule has 2 rings (SSSR count). The van der Waals surface area contributed by atoms with Crippen molar-refractivity contribution in [3.8, 4) is 0 Å². The first kappa shape index (κ1) is 45.8. The van der Waals surface area contributed by atoms with Gasteiger partial charge in [0, 0.05) is 22.2 Å². The van der Waals surface area contributed by atoms with Gasteiger partial charge in [0.1, 0.15) is 24.2 Å². The van der Waals surface area contributed by atoms with E-state index >= 15 is 0 Å². The topological polar surface area (TPSA) is 377 Å². The van der Waals surface area contributed by atoms with Gasteiger partial charge in [-0.3, -0.25) is 54.3 Å². The lowest BCUT2D eigenvalue weighted by Crippen LogP contribution is -2.61. The van der Waals surface area contributed by atoms with Crippen LogP contribution in [0.2, 0.25) is 0 Å². The molecule has 16 N–H and O–H groups in total. The summed E-state index contributed by atoms with van der Waals surface area (Å²) in [6.45, 7) is -2.98. The Morgan fingerprint density at radius 1 is 0.764 bits per heavy atom. The maximum atomic E-state index is 13.5. The van der Waals surface area contributed by atoms with E-state index in [0.29, 0.717) is 5.56 Å². The van der Waals surface area contributed by atoms with Crippen LogP contribution in [0.4, 0.5) is 0 Å². The molecule has 0 aromatic heterocycles. The van der Waals surface area contributed by atoms with Crippen LogP contribution >= 0.6 is 0 Å². The number of carbonyl (C=O) groups excluding carboxylic acids is 9. The smallest absolute Gasteiger partial charge is 0.245 e. The van der Waals surface area contributed by atoms with Crippen molar-refractivity contribution in [2.45, 2.75) is 87.2 Å². The molecule has 22 heteroatoms. The average Bonchev–Trinajstić information content (AvgIpc) is 3.16. The fourth-order valence-corrected chi connectivity index (χ4v) is 5.40. The molecule has 1 aromatic rings. The van der Waals surface area contributed by atoms with Gasteiger partial charge in [-0.15, -0.1) is 0 Å². The zero-order valence-electron chi connectivity index (χ0n) is 30.0. The van der Waals surface area contributed by atoms with Crippen molar-refractivity contribution in [1.82, 2.24) is 37.3 Å². The molecule has 1 heterocycles. The SMILES string of the molecule is NN[C@@H](CC(N)=O)C(=O)C(=O)[C@H](CO)NC1CCCCNC(=O)CCC(C(N)=O)NC(=O)[C@H](Cc2ccccc2)NC(=O)C(CO)NC(=O)[C@H](CO)NC1=O.[HH].[HH]. The van der Waals surface area contributed by atoms with E-state index in [0.717, 1.165) is 0 Å². The van der Waals surface area contributed by atoms with E-state index in [1.165, 1.54) is 0 Å². The molecule has 0 saturated carbocycles. The highest BCUT2D eigenvalue weighted by molar-refractivity contribution is 6.41. The van der Waals surface area contributed by atoms with Crippen LogP contribution in [0.1, 0.15) is 46.9 Å². The Morgan fingerprint density at radius 3 is 1.87 bits per heavy atom. The number of nitrogens with one attached hydrogen (secondary N) is 7. The summed E-state index contributed by atoms with van der Waals surface area (Å²) in [5.74, 6) is -3.73. The quantitative estimate of drug-likeness (QED) is 0.0474. The number of rotatable bonds is 14. The second-order valence-electron chi connectivity index (χ2n) is 12.7. The molecule has 0 bridgehead atoms. The highest BCUT2D eigenvalue weighted by Crippen LogP contribution is 2.09. The number of ketones is 2. The lowest BCUT2D eigenvalue weighted by Gasteiger charge is -2.27. The molecule has 0 spiro atoms. The molecule has 1 aliphatic heterocycles. The molecule has 7 amide bonds. The van der Waals surface area contributed by atoms with Gasteiger partial charge >= 0.3 is 0 Å². The summed E-state index contributed by atoms with van der Waals surface area (Å²) in [7, 11) is 0. The molecule has 1 aromatic carbocycles. The number of benzene rings is 1. The van der Waals surface area contributed by atoms with Crippen LogP contribution in [0.25, 0.3) is 0 Å². The van der Waals surface area contributed by atoms with Gasteiger partial charge in [0.2, 0.25) is 52.9 Å². The first-order valence-electron chi connectivity index (χ1n) is 17.4. The summed E-state index contributed by atoms with van der Waals surface area (Å²) in [5, 5.41) is 44.5. The zero-order valence-corrected chi connectivity index (χ0v) is 30.0. The van der Waals surface area contributed by atoms with Crippen LogP contribution in [0.3, 0.4) is 0 Å². The fraction of sp³-hybridized carbons (Fsp3) is 0.545. The summed E-state index contributed by atoms with van der Waals surface area (Å²) >= 11 is 0. The minimum atomic E-state index is -1.75. The maximum absolute atomic E-state index is 13.5. The van der Waals surface area contributed by atoms with Gasteiger partial charge in [-0.05, 0) is 31.2 Å². The molecular formula is C33H54N10O12. The number of primary amides is 2. The van der Waals surface area contributed by atoms with E-state index in [1.807, 2.05) is 5.43 Å². The Morgan fingerprint density at radius 2 is 1.33 bits per heavy atom. The number of amides is 7. The second-order valence-corrected chi connectivity index (χ2v) is 12.7. The molecule has 55 heavy (non-hydrogen) atoms. The van der Waals surface area contributed by atoms with Crippen LogP contribution in [0.15, 0.2) is 30.3 Å². The summed E-state index contributed by atoms with van der Waals surface area (Å²) in [6.07, 6.45) is -0.960. The number of carbonyl (C=O) groups is 9. The van der Waals surface area contributed by atoms with Crippen LogP contribution in [-0.4, -0.2) is 137 Å². The zero-order chi connectivity index (χ0) is 41.1. The van der Waals surface area contributed by atoms with Crippen molar-refractivity contribution in [3.63, 3.8) is 0 Å². The standard InChI is InChI=1S/C33H50N10O12.2H2/c34-25(47)13-20(43-36)27(49)28(50)22(14-44)38-19-8-4-5-11-37-26(48)10-9-18(29(35)51)39-31(53)21(12-17-6-2-1-3-7-17)40-32(54)23(15-45)42-33(55)24(16-46)41-30(19)52;;/h1-3,6-7,18-24,38,43-46H,4-5,8-16,36H2,(H2,34,47)(H2,35,51)(H,37,48)(H,39,53)(H,40,54)(H,41,52)(H,42,55);2*1H/t18?,19?,20-,21-,22-,23?,24-;;/m0../s1. The van der Waals surface area contributed by atoms with E-state index in [4.69, 9.17) is 17.3 Å². The van der Waals surface area contributed by atoms with Crippen molar-refractivity contribution in [2.75, 3.05) is 26.4 Å². The van der Waals surface area contributed by atoms with Crippen molar-refractivity contribution in [2.24, 2.45) is 17.3 Å². The first-order chi connectivity index (χ1) is 26.1. The van der Waals surface area contributed by atoms with E-state index in [-0.39, 0.29) is 47.9 Å². The molecule has 0 aliphatic carbocycles. The molecular weight excluding hydrogens is 728 g/mol. The van der Waals surface area contributed by atoms with Gasteiger partial charge in [0.05, 0.1) is 44.4 Å². The Bertz CT molecular complexity index is 1540. The van der Waals surface area contributed by atoms with Gasteiger partial charge < -0.3 is 53.4 Å². The van der Waals surface area contributed by atoms with Gasteiger partial charge in [-0.1, -0.05) is 30.3 Å². The van der Waals surface area contributed by atoms with Crippen molar-refractivity contribution < 1.29 is 61.3 Å². The Hall–Kier alpha value is -5.39. The number of nitrogens with two attached hydrogens (primary N) is 3. The third-order valence-corrected chi connectivity index (χ3v) is 8.49. The van der Waals surface area contributed by atoms with Gasteiger partial charge in [0.15, 0.2) is 0 Å². The van der Waals surface area contributed by atoms with Crippen molar-refractivity contribution in [1.29, 1.82) is 0 Å². The Kier molecular flexibility index (Phi) is 19.5. The third-order valence-electron chi connectivity index (χ3n) is 8.49. The van der Waals surface area contributed by atoms with E-state index in [2.05, 4.69) is 31.9 Å². The van der Waals surface area contributed by atoms with Crippen LogP contribution < -0.4 is 54.6 Å². The molecule has 22 nitrogen and oxygen atoms in total. The van der Waals surface area contributed by atoms with Gasteiger partial charge in [-0.2, -0.15) is 0 Å². The number of Topliss-reactive ketones (excluding diaryl/α,β-unsaturated/α-hetero) is 2. The fourth-order valence-electron chi connectivity index (χ4n) is 5.40. The number of hydrogen-bond donors (Lipinski definition) is 13. The van der Waals surface area contributed by atoms with Crippen LogP contribution in [-0.2, 0) is 49.6 Å². The summed E-state index contributed by atoms with van der Waals surface area (Å²) < 4.78 is 0. The number of hydrogen-bond acceptors (Lipinski definition) is 15. The predicted molar refractivity (Wildman–Crippen MR) is 194 cm³/mol. The van der Waals surface area contributed by atoms with Crippen LogP contribution in [0.5, 0.6) is 0 Å². The molecule has 3 unspecified atom stereocenters. The summed E-state index contributed by atoms with van der Waals surface area (Å²) in [6, 6.07) is -2.49. The molecule has 1 saturated heterocycles. The predicted octanol–water partition coefficient (Wildman–Crippen LogP) is -6.62. The minimum Gasteiger partial charge on any atom is -0.394 e. The number of aliphatic hydroxyl groups is 3. The largest absolute Gasteiger partial charge is 0.394 e. The van der Waals surface area contributed by atoms with Crippen molar-refractivity contribution in [3.05, 3.63) is 35.9 Å². The normalized spacial score (nSPS) is 23.6. The molecule has 1 fully saturated rings. The minimum absolute atomic E-state index is 0. The average molecular weight is 783 g/mol. The Balaban J connectivity index is 0.0000157. The van der Waals surface area contributed by atoms with Crippen LogP contribution in [0, 0.1) is 0 Å². The molecule has 1 aliphatic rings. The van der Waals surface area contributed by atoms with Crippen molar-refractivity contribution >= 4 is 52.9 Å². The van der Waals surface area contributed by atoms with E-state index < -0.39 is 121 Å². The lowest BCUT2D eigenvalue weighted by molar-refractivity contribution is -0.140. The molecule has 0 radical (unpaired) electrons. The monoisotopic (exact) mass is 782 g/mol. The second kappa shape index (κ2) is 23.4.